The van der Waals surface area contributed by atoms with Gasteiger partial charge in [-0.3, -0.25) is 0 Å². The van der Waals surface area contributed by atoms with Crippen LogP contribution in [0.5, 0.6) is 0 Å². The number of carbonyl (C=O) groups is 2. The van der Waals surface area contributed by atoms with Crippen LogP contribution in [0.4, 0.5) is 0 Å². The summed E-state index contributed by atoms with van der Waals surface area (Å²) in [4.78, 5) is 20.8. The van der Waals surface area contributed by atoms with E-state index in [1.54, 1.807) is 13.8 Å². The minimum absolute atomic E-state index is 0. The number of ether oxygens (including phenoxy) is 2. The minimum Gasteiger partial charge on any atom is -0.512 e. The molecule has 0 saturated carbocycles. The van der Waals surface area contributed by atoms with E-state index >= 15 is 0 Å². The quantitative estimate of drug-likeness (QED) is 0.356. The molecule has 0 aromatic carbocycles. The van der Waals surface area contributed by atoms with Crippen LogP contribution in [0.25, 0.3) is 0 Å². The van der Waals surface area contributed by atoms with Gasteiger partial charge in [0.05, 0.1) is 36.9 Å². The van der Waals surface area contributed by atoms with Gasteiger partial charge >= 0.3 is 11.9 Å². The number of aliphatic hydroxyl groups is 2. The average Bonchev–Trinajstić information content (AvgIpc) is 2.16. The SMILES string of the molecule is CCOC(=O)/C=C(/C)O.CCOC(=O)/C=C(/C)O.[Cu]. The first kappa shape index (κ1) is 22.7. The normalized spacial score (nSPS) is 10.5. The molecular weight excluding hydrogens is 304 g/mol. The second-order valence-corrected chi connectivity index (χ2v) is 3.08. The third kappa shape index (κ3) is 22.2. The zero-order chi connectivity index (χ0) is 14.6. The fourth-order valence-electron chi connectivity index (χ4n) is 0.709. The predicted octanol–water partition coefficient (Wildman–Crippen LogP) is 2.02. The summed E-state index contributed by atoms with van der Waals surface area (Å²) in [6.45, 7) is 6.91. The van der Waals surface area contributed by atoms with Crippen LogP contribution in [0.3, 0.4) is 0 Å². The molecule has 0 aliphatic carbocycles. The Labute approximate surface area is 123 Å². The van der Waals surface area contributed by atoms with E-state index in [4.69, 9.17) is 10.2 Å². The standard InChI is InChI=1S/2C6H10O3.Cu/c2*1-3-9-6(8)4-5(2)7;/h2*4,7H,3H2,1-2H3;/b2*5-4-;. The van der Waals surface area contributed by atoms with E-state index in [-0.39, 0.29) is 28.6 Å². The Morgan fingerprint density at radius 2 is 1.16 bits per heavy atom. The van der Waals surface area contributed by atoms with Crippen LogP contribution >= 0.6 is 0 Å². The largest absolute Gasteiger partial charge is 0.512 e. The number of rotatable bonds is 4. The zero-order valence-electron chi connectivity index (χ0n) is 11.4. The molecule has 2 N–H and O–H groups in total. The summed E-state index contributed by atoms with van der Waals surface area (Å²) in [5.41, 5.74) is 0. The van der Waals surface area contributed by atoms with E-state index in [0.717, 1.165) is 12.2 Å². The van der Waals surface area contributed by atoms with Gasteiger partial charge in [0.15, 0.2) is 0 Å². The third-order valence-electron chi connectivity index (χ3n) is 1.23. The minimum atomic E-state index is -0.502. The van der Waals surface area contributed by atoms with Crippen molar-refractivity contribution in [2.45, 2.75) is 27.7 Å². The molecule has 0 heterocycles. The van der Waals surface area contributed by atoms with Crippen LogP contribution < -0.4 is 0 Å². The van der Waals surface area contributed by atoms with E-state index in [0.29, 0.717) is 13.2 Å². The second-order valence-electron chi connectivity index (χ2n) is 3.08. The molecule has 1 radical (unpaired) electrons. The van der Waals surface area contributed by atoms with Gasteiger partial charge < -0.3 is 19.7 Å². The van der Waals surface area contributed by atoms with Crippen LogP contribution in [0.15, 0.2) is 23.7 Å². The second kappa shape index (κ2) is 14.6. The van der Waals surface area contributed by atoms with E-state index in [9.17, 15) is 9.59 Å². The van der Waals surface area contributed by atoms with Gasteiger partial charge in [-0.2, -0.15) is 0 Å². The number of allylic oxidation sites excluding steroid dienone is 2. The fraction of sp³-hybridized carbons (Fsp3) is 0.500. The van der Waals surface area contributed by atoms with Crippen molar-refractivity contribution in [2.75, 3.05) is 13.2 Å². The molecule has 0 aliphatic heterocycles. The Kier molecular flexibility index (Phi) is 17.4. The monoisotopic (exact) mass is 323 g/mol. The Bertz CT molecular complexity index is 282. The number of hydrogen-bond donors (Lipinski definition) is 2. The van der Waals surface area contributed by atoms with E-state index < -0.39 is 11.9 Å². The molecule has 0 saturated heterocycles. The number of hydrogen-bond acceptors (Lipinski definition) is 6. The van der Waals surface area contributed by atoms with Crippen molar-refractivity contribution in [3.8, 4) is 0 Å². The smallest absolute Gasteiger partial charge is 0.334 e. The van der Waals surface area contributed by atoms with Crippen molar-refractivity contribution in [3.05, 3.63) is 23.7 Å². The maximum absolute atomic E-state index is 10.4. The van der Waals surface area contributed by atoms with Gasteiger partial charge in [-0.15, -0.1) is 0 Å². The topological polar surface area (TPSA) is 93.1 Å². The first-order valence-electron chi connectivity index (χ1n) is 5.41. The molecule has 0 aliphatic rings. The summed E-state index contributed by atoms with van der Waals surface area (Å²) in [7, 11) is 0. The van der Waals surface area contributed by atoms with Gasteiger partial charge in [0.2, 0.25) is 0 Å². The van der Waals surface area contributed by atoms with Crippen molar-refractivity contribution in [1.82, 2.24) is 0 Å². The van der Waals surface area contributed by atoms with Crippen molar-refractivity contribution in [1.29, 1.82) is 0 Å². The van der Waals surface area contributed by atoms with Crippen molar-refractivity contribution in [3.63, 3.8) is 0 Å². The molecule has 0 bridgehead atoms. The summed E-state index contributed by atoms with van der Waals surface area (Å²) in [5, 5.41) is 17.0. The molecule has 0 spiro atoms. The molecule has 0 rings (SSSR count). The predicted molar refractivity (Wildman–Crippen MR) is 66.0 cm³/mol. The van der Waals surface area contributed by atoms with Crippen LogP contribution in [0.1, 0.15) is 27.7 Å². The van der Waals surface area contributed by atoms with Gasteiger partial charge in [0, 0.05) is 17.1 Å². The van der Waals surface area contributed by atoms with Crippen LogP contribution in [-0.2, 0) is 36.1 Å². The van der Waals surface area contributed by atoms with Crippen LogP contribution in [0.2, 0.25) is 0 Å². The van der Waals surface area contributed by atoms with E-state index in [2.05, 4.69) is 9.47 Å². The van der Waals surface area contributed by atoms with Gasteiger partial charge in [0.1, 0.15) is 0 Å². The molecule has 0 aromatic heterocycles. The third-order valence-corrected chi connectivity index (χ3v) is 1.23. The molecule has 6 nitrogen and oxygen atoms in total. The molecule has 0 aromatic rings. The van der Waals surface area contributed by atoms with E-state index in [1.165, 1.54) is 13.8 Å². The molecule has 115 valence electrons. The molecule has 0 fully saturated rings. The zero-order valence-corrected chi connectivity index (χ0v) is 12.3. The van der Waals surface area contributed by atoms with Crippen molar-refractivity contribution >= 4 is 11.9 Å². The molecule has 0 atom stereocenters. The summed E-state index contributed by atoms with van der Waals surface area (Å²) in [5.74, 6) is -1.07. The maximum Gasteiger partial charge on any atom is 0.334 e. The van der Waals surface area contributed by atoms with Gasteiger partial charge in [0.25, 0.3) is 0 Å². The molecule has 7 heteroatoms. The van der Waals surface area contributed by atoms with Crippen molar-refractivity contribution < 1.29 is 46.3 Å². The number of aliphatic hydroxyl groups excluding tert-OH is 2. The Morgan fingerprint density at radius 3 is 1.32 bits per heavy atom. The van der Waals surface area contributed by atoms with Gasteiger partial charge in [-0.1, -0.05) is 0 Å². The van der Waals surface area contributed by atoms with E-state index in [1.807, 2.05) is 0 Å². The maximum atomic E-state index is 10.4. The molecular formula is C12H20CuO6. The van der Waals surface area contributed by atoms with Gasteiger partial charge in [-0.25, -0.2) is 9.59 Å². The Hall–Kier alpha value is -1.46. The molecule has 0 unspecified atom stereocenters. The number of esters is 2. The van der Waals surface area contributed by atoms with Crippen molar-refractivity contribution in [2.24, 2.45) is 0 Å². The fourth-order valence-corrected chi connectivity index (χ4v) is 0.709. The summed E-state index contributed by atoms with van der Waals surface area (Å²) in [6.07, 6.45) is 2.06. The Balaban J connectivity index is -0.000000256. The summed E-state index contributed by atoms with van der Waals surface area (Å²) < 4.78 is 8.95. The average molecular weight is 324 g/mol. The molecule has 19 heavy (non-hydrogen) atoms. The number of carbonyl (C=O) groups excluding carboxylic acids is 2. The molecule has 0 amide bonds. The van der Waals surface area contributed by atoms with Gasteiger partial charge in [-0.05, 0) is 27.7 Å². The van der Waals surface area contributed by atoms with Crippen LogP contribution in [0, 0.1) is 0 Å². The summed E-state index contributed by atoms with van der Waals surface area (Å²) in [6, 6.07) is 0. The first-order chi connectivity index (χ1) is 8.33. The first-order valence-corrected chi connectivity index (χ1v) is 5.41. The Morgan fingerprint density at radius 1 is 0.895 bits per heavy atom. The summed E-state index contributed by atoms with van der Waals surface area (Å²) >= 11 is 0. The van der Waals surface area contributed by atoms with Crippen LogP contribution in [-0.4, -0.2) is 35.4 Å².